The fraction of sp³-hybridized carbons (Fsp3) is 0.847. The largest absolute Gasteiger partial charge is 0.462 e. The van der Waals surface area contributed by atoms with E-state index in [-0.39, 0.29) is 31.1 Å². The Kier molecular flexibility index (Phi) is 64.6. The minimum Gasteiger partial charge on any atom is -0.462 e. The predicted molar refractivity (Wildman–Crippen MR) is 339 cm³/mol. The van der Waals surface area contributed by atoms with Gasteiger partial charge in [0.15, 0.2) is 6.10 Å². The quantitative estimate of drug-likeness (QED) is 0.0261. The molecule has 0 N–H and O–H groups in total. The second kappa shape index (κ2) is 66.9. The van der Waals surface area contributed by atoms with Crippen molar-refractivity contribution in [1.29, 1.82) is 0 Å². The van der Waals surface area contributed by atoms with Gasteiger partial charge in [-0.15, -0.1) is 0 Å². The summed E-state index contributed by atoms with van der Waals surface area (Å²) in [6.45, 7) is 6.58. The smallest absolute Gasteiger partial charge is 0.306 e. The molecule has 0 radical (unpaired) electrons. The lowest BCUT2D eigenvalue weighted by atomic mass is 10.0. The molecule has 0 fully saturated rings. The Bertz CT molecular complexity index is 1350. The lowest BCUT2D eigenvalue weighted by Crippen LogP contribution is -2.30. The molecular formula is C72H132O6. The van der Waals surface area contributed by atoms with Crippen LogP contribution in [0.5, 0.6) is 0 Å². The van der Waals surface area contributed by atoms with E-state index >= 15 is 0 Å². The second-order valence-corrected chi connectivity index (χ2v) is 23.4. The van der Waals surface area contributed by atoms with Crippen molar-refractivity contribution >= 4 is 17.9 Å². The summed E-state index contributed by atoms with van der Waals surface area (Å²) in [5.41, 5.74) is 0. The molecule has 1 unspecified atom stereocenters. The number of rotatable bonds is 64. The summed E-state index contributed by atoms with van der Waals surface area (Å²) in [5, 5.41) is 0. The number of carbonyl (C=O) groups is 3. The molecule has 0 spiro atoms. The Balaban J connectivity index is 3.99. The number of unbranched alkanes of at least 4 members (excludes halogenated alkanes) is 45. The lowest BCUT2D eigenvalue weighted by molar-refractivity contribution is -0.167. The lowest BCUT2D eigenvalue weighted by Gasteiger charge is -2.18. The highest BCUT2D eigenvalue weighted by molar-refractivity contribution is 5.71. The normalized spacial score (nSPS) is 12.3. The standard InChI is InChI=1S/C72H132O6/c1-4-7-10-13-16-19-22-24-26-27-28-29-30-31-32-33-34-35-36-37-38-39-40-41-42-43-44-45-47-48-50-53-56-59-62-65-71(74)77-68-69(67-76-70(73)64-61-58-55-52-21-18-15-12-9-6-3)78-72(75)66-63-60-57-54-51-49-46-25-23-20-17-14-11-8-5-2/h7,10,16,19,24,26,28-29,69H,4-6,8-9,11-15,17-18,20-23,25,27,30-68H2,1-3H3/b10-7-,19-16-,26-24-,29-28-. The summed E-state index contributed by atoms with van der Waals surface area (Å²) >= 11 is 0. The fourth-order valence-electron chi connectivity index (χ4n) is 10.4. The van der Waals surface area contributed by atoms with Crippen molar-refractivity contribution in [2.24, 2.45) is 0 Å². The van der Waals surface area contributed by atoms with Gasteiger partial charge in [0, 0.05) is 19.3 Å². The van der Waals surface area contributed by atoms with Crippen LogP contribution in [0.4, 0.5) is 0 Å². The molecule has 0 saturated heterocycles. The van der Waals surface area contributed by atoms with Crippen molar-refractivity contribution in [3.63, 3.8) is 0 Å². The predicted octanol–water partition coefficient (Wildman–Crippen LogP) is 23.7. The molecule has 6 nitrogen and oxygen atoms in total. The number of esters is 3. The summed E-state index contributed by atoms with van der Waals surface area (Å²) in [7, 11) is 0. The molecule has 0 aliphatic rings. The average Bonchev–Trinajstić information content (AvgIpc) is 3.44. The Hall–Kier alpha value is -2.63. The number of ether oxygens (including phenoxy) is 3. The minimum atomic E-state index is -0.765. The first kappa shape index (κ1) is 75.4. The van der Waals surface area contributed by atoms with Crippen LogP contribution in [-0.4, -0.2) is 37.2 Å². The molecule has 0 bridgehead atoms. The van der Waals surface area contributed by atoms with E-state index in [2.05, 4.69) is 69.4 Å². The summed E-state index contributed by atoms with van der Waals surface area (Å²) in [6, 6.07) is 0. The van der Waals surface area contributed by atoms with Crippen molar-refractivity contribution in [1.82, 2.24) is 0 Å². The van der Waals surface area contributed by atoms with Crippen LogP contribution in [0.15, 0.2) is 48.6 Å². The molecule has 456 valence electrons. The first-order valence-corrected chi connectivity index (χ1v) is 34.6. The monoisotopic (exact) mass is 1090 g/mol. The van der Waals surface area contributed by atoms with Gasteiger partial charge < -0.3 is 14.2 Å². The Morgan fingerprint density at radius 2 is 0.500 bits per heavy atom. The summed E-state index contributed by atoms with van der Waals surface area (Å²) in [4.78, 5) is 38.2. The molecule has 0 heterocycles. The molecule has 1 atom stereocenters. The maximum Gasteiger partial charge on any atom is 0.306 e. The van der Waals surface area contributed by atoms with E-state index in [1.54, 1.807) is 0 Å². The topological polar surface area (TPSA) is 78.9 Å². The molecule has 0 rings (SSSR count). The van der Waals surface area contributed by atoms with Crippen LogP contribution in [0.25, 0.3) is 0 Å². The summed E-state index contributed by atoms with van der Waals surface area (Å²) < 4.78 is 16.9. The van der Waals surface area contributed by atoms with Gasteiger partial charge in [-0.3, -0.25) is 14.4 Å². The number of hydrogen-bond acceptors (Lipinski definition) is 6. The van der Waals surface area contributed by atoms with Crippen LogP contribution in [0, 0.1) is 0 Å². The molecule has 0 aromatic rings. The number of carbonyl (C=O) groups excluding carboxylic acids is 3. The summed E-state index contributed by atoms with van der Waals surface area (Å²) in [6.07, 6.45) is 84.5. The van der Waals surface area contributed by atoms with Crippen molar-refractivity contribution in [3.05, 3.63) is 48.6 Å². The van der Waals surface area contributed by atoms with Crippen LogP contribution in [0.3, 0.4) is 0 Å². The molecule has 78 heavy (non-hydrogen) atoms. The SMILES string of the molecule is CC/C=C\C/C=C\C/C=C\C/C=C\CCCCCCCCCCCCCCCCCCCCCCCCC(=O)OCC(COC(=O)CCCCCCCCCCCC)OC(=O)CCCCCCCCCCCCCCCCC. The molecular weight excluding hydrogens is 961 g/mol. The van der Waals surface area contributed by atoms with Crippen LogP contribution >= 0.6 is 0 Å². The van der Waals surface area contributed by atoms with Crippen molar-refractivity contribution in [2.45, 2.75) is 380 Å². The zero-order valence-electron chi connectivity index (χ0n) is 52.5. The van der Waals surface area contributed by atoms with E-state index in [0.717, 1.165) is 83.5 Å². The Morgan fingerprint density at radius 1 is 0.269 bits per heavy atom. The highest BCUT2D eigenvalue weighted by Gasteiger charge is 2.19. The van der Waals surface area contributed by atoms with Gasteiger partial charge in [0.1, 0.15) is 13.2 Å². The van der Waals surface area contributed by atoms with E-state index in [1.807, 2.05) is 0 Å². The number of hydrogen-bond donors (Lipinski definition) is 0. The van der Waals surface area contributed by atoms with E-state index in [1.165, 1.54) is 250 Å². The molecule has 0 aliphatic heterocycles. The van der Waals surface area contributed by atoms with Gasteiger partial charge in [-0.25, -0.2) is 0 Å². The first-order valence-electron chi connectivity index (χ1n) is 34.6. The van der Waals surface area contributed by atoms with Crippen LogP contribution in [0.2, 0.25) is 0 Å². The van der Waals surface area contributed by atoms with E-state index in [4.69, 9.17) is 14.2 Å². The average molecular weight is 1090 g/mol. The zero-order chi connectivity index (χ0) is 56.4. The highest BCUT2D eigenvalue weighted by Crippen LogP contribution is 2.18. The second-order valence-electron chi connectivity index (χ2n) is 23.4. The van der Waals surface area contributed by atoms with Gasteiger partial charge in [0.05, 0.1) is 0 Å². The van der Waals surface area contributed by atoms with Gasteiger partial charge >= 0.3 is 17.9 Å². The third-order valence-electron chi connectivity index (χ3n) is 15.6. The van der Waals surface area contributed by atoms with Gasteiger partial charge in [-0.05, 0) is 57.8 Å². The maximum absolute atomic E-state index is 12.9. The third kappa shape index (κ3) is 64.2. The van der Waals surface area contributed by atoms with Gasteiger partial charge in [0.25, 0.3) is 0 Å². The summed E-state index contributed by atoms with van der Waals surface area (Å²) in [5.74, 6) is -0.839. The fourth-order valence-corrected chi connectivity index (χ4v) is 10.4. The van der Waals surface area contributed by atoms with Crippen LogP contribution in [0.1, 0.15) is 374 Å². The van der Waals surface area contributed by atoms with Crippen molar-refractivity contribution < 1.29 is 28.6 Å². The third-order valence-corrected chi connectivity index (χ3v) is 15.6. The van der Waals surface area contributed by atoms with Crippen molar-refractivity contribution in [3.8, 4) is 0 Å². The maximum atomic E-state index is 12.9. The van der Waals surface area contributed by atoms with E-state index in [9.17, 15) is 14.4 Å². The van der Waals surface area contributed by atoms with Gasteiger partial charge in [-0.1, -0.05) is 345 Å². The van der Waals surface area contributed by atoms with Gasteiger partial charge in [0.2, 0.25) is 0 Å². The molecule has 0 saturated carbocycles. The van der Waals surface area contributed by atoms with E-state index in [0.29, 0.717) is 19.3 Å². The van der Waals surface area contributed by atoms with Gasteiger partial charge in [-0.2, -0.15) is 0 Å². The van der Waals surface area contributed by atoms with Crippen LogP contribution in [-0.2, 0) is 28.6 Å². The molecule has 6 heteroatoms. The van der Waals surface area contributed by atoms with Crippen LogP contribution < -0.4 is 0 Å². The molecule has 0 amide bonds. The number of allylic oxidation sites excluding steroid dienone is 8. The zero-order valence-corrected chi connectivity index (χ0v) is 52.5. The molecule has 0 aliphatic carbocycles. The van der Waals surface area contributed by atoms with Crippen molar-refractivity contribution in [2.75, 3.05) is 13.2 Å². The molecule has 0 aromatic heterocycles. The first-order chi connectivity index (χ1) is 38.5. The Morgan fingerprint density at radius 3 is 0.782 bits per heavy atom. The minimum absolute atomic E-state index is 0.0647. The Labute approximate surface area is 486 Å². The highest BCUT2D eigenvalue weighted by atomic mass is 16.6. The molecule has 0 aromatic carbocycles. The van der Waals surface area contributed by atoms with E-state index < -0.39 is 6.10 Å².